The summed E-state index contributed by atoms with van der Waals surface area (Å²) in [5.74, 6) is 1.00. The van der Waals surface area contributed by atoms with Gasteiger partial charge >= 0.3 is 0 Å². The fourth-order valence-corrected chi connectivity index (χ4v) is 2.07. The second-order valence-electron chi connectivity index (χ2n) is 4.65. The smallest absolute Gasteiger partial charge is 0.126 e. The molecule has 0 radical (unpaired) electrons. The summed E-state index contributed by atoms with van der Waals surface area (Å²) in [6, 6.07) is 6.21. The summed E-state index contributed by atoms with van der Waals surface area (Å²) in [6.07, 6.45) is 2.50. The minimum atomic E-state index is -0.128. The van der Waals surface area contributed by atoms with E-state index in [4.69, 9.17) is 4.74 Å². The maximum absolute atomic E-state index is 10.7. The van der Waals surface area contributed by atoms with Crippen LogP contribution in [0.25, 0.3) is 0 Å². The normalized spacial score (nSPS) is 14.5. The van der Waals surface area contributed by atoms with E-state index in [0.29, 0.717) is 6.42 Å². The molecule has 2 heteroatoms. The lowest BCUT2D eigenvalue weighted by Crippen LogP contribution is -2.18. The topological polar surface area (TPSA) is 26.3 Å². The zero-order chi connectivity index (χ0) is 10.9. The Hall–Kier alpha value is -1.31. The fraction of sp³-hybridized carbons (Fsp3) is 0.462. The van der Waals surface area contributed by atoms with Gasteiger partial charge < -0.3 is 9.53 Å². The lowest BCUT2D eigenvalue weighted by molar-refractivity contribution is -0.108. The van der Waals surface area contributed by atoms with E-state index in [2.05, 4.69) is 32.0 Å². The molecule has 0 aromatic heterocycles. The SMILES string of the molecule is CC(C)(CC=O)c1cccc2c1OCC2. The molecule has 1 aromatic rings. The second kappa shape index (κ2) is 3.69. The van der Waals surface area contributed by atoms with Crippen LogP contribution in [0, 0.1) is 0 Å². The van der Waals surface area contributed by atoms with Crippen LogP contribution in [-0.4, -0.2) is 12.9 Å². The van der Waals surface area contributed by atoms with Gasteiger partial charge in [0.2, 0.25) is 0 Å². The van der Waals surface area contributed by atoms with Crippen molar-refractivity contribution in [1.29, 1.82) is 0 Å². The first-order valence-corrected chi connectivity index (χ1v) is 5.34. The van der Waals surface area contributed by atoms with Crippen LogP contribution in [0.2, 0.25) is 0 Å². The molecule has 1 aromatic carbocycles. The molecule has 1 heterocycles. The number of carbonyl (C=O) groups is 1. The van der Waals surface area contributed by atoms with Crippen molar-refractivity contribution in [2.24, 2.45) is 0 Å². The van der Waals surface area contributed by atoms with Crippen molar-refractivity contribution in [3.63, 3.8) is 0 Å². The maximum Gasteiger partial charge on any atom is 0.126 e. The number of hydrogen-bond donors (Lipinski definition) is 0. The predicted octanol–water partition coefficient (Wildman–Crippen LogP) is 2.49. The minimum absolute atomic E-state index is 0.128. The quantitative estimate of drug-likeness (QED) is 0.707. The first-order chi connectivity index (χ1) is 7.15. The van der Waals surface area contributed by atoms with Crippen LogP contribution in [0.3, 0.4) is 0 Å². The summed E-state index contributed by atoms with van der Waals surface area (Å²) in [7, 11) is 0. The number of aldehydes is 1. The summed E-state index contributed by atoms with van der Waals surface area (Å²) in [4.78, 5) is 10.7. The molecule has 1 aliphatic heterocycles. The molecule has 0 amide bonds. The Balaban J connectivity index is 2.44. The first kappa shape index (κ1) is 10.2. The summed E-state index contributed by atoms with van der Waals surface area (Å²) < 4.78 is 5.65. The summed E-state index contributed by atoms with van der Waals surface area (Å²) in [5.41, 5.74) is 2.30. The van der Waals surface area contributed by atoms with Gasteiger partial charge in [-0.15, -0.1) is 0 Å². The van der Waals surface area contributed by atoms with Gasteiger partial charge in [0.25, 0.3) is 0 Å². The van der Waals surface area contributed by atoms with Gasteiger partial charge in [-0.2, -0.15) is 0 Å². The lowest BCUT2D eigenvalue weighted by atomic mass is 9.81. The fourth-order valence-electron chi connectivity index (χ4n) is 2.07. The molecule has 15 heavy (non-hydrogen) atoms. The van der Waals surface area contributed by atoms with Crippen molar-refractivity contribution < 1.29 is 9.53 Å². The lowest BCUT2D eigenvalue weighted by Gasteiger charge is -2.24. The summed E-state index contributed by atoms with van der Waals surface area (Å²) >= 11 is 0. The molecule has 0 fully saturated rings. The van der Waals surface area contributed by atoms with Gasteiger partial charge in [-0.25, -0.2) is 0 Å². The van der Waals surface area contributed by atoms with E-state index >= 15 is 0 Å². The van der Waals surface area contributed by atoms with Crippen LogP contribution < -0.4 is 4.74 Å². The zero-order valence-electron chi connectivity index (χ0n) is 9.25. The van der Waals surface area contributed by atoms with Crippen molar-refractivity contribution in [3.05, 3.63) is 29.3 Å². The standard InChI is InChI=1S/C13H16O2/c1-13(2,7-8-14)11-5-3-4-10-6-9-15-12(10)11/h3-5,8H,6-7,9H2,1-2H3. The van der Waals surface area contributed by atoms with E-state index < -0.39 is 0 Å². The molecule has 80 valence electrons. The number of para-hydroxylation sites is 1. The molecule has 0 bridgehead atoms. The molecule has 2 nitrogen and oxygen atoms in total. The average Bonchev–Trinajstić information content (AvgIpc) is 2.64. The van der Waals surface area contributed by atoms with Crippen molar-refractivity contribution in [1.82, 2.24) is 0 Å². The first-order valence-electron chi connectivity index (χ1n) is 5.34. The Labute approximate surface area is 90.3 Å². The predicted molar refractivity (Wildman–Crippen MR) is 59.3 cm³/mol. The number of rotatable bonds is 3. The van der Waals surface area contributed by atoms with E-state index in [1.165, 1.54) is 5.56 Å². The van der Waals surface area contributed by atoms with Gasteiger partial charge in [0.1, 0.15) is 12.0 Å². The van der Waals surface area contributed by atoms with Gasteiger partial charge in [-0.3, -0.25) is 0 Å². The second-order valence-corrected chi connectivity index (χ2v) is 4.65. The maximum atomic E-state index is 10.7. The van der Waals surface area contributed by atoms with Crippen LogP contribution in [0.15, 0.2) is 18.2 Å². The van der Waals surface area contributed by atoms with Gasteiger partial charge in [0.15, 0.2) is 0 Å². The Morgan fingerprint density at radius 2 is 2.27 bits per heavy atom. The Bertz CT molecular complexity index is 380. The highest BCUT2D eigenvalue weighted by molar-refractivity contribution is 5.56. The van der Waals surface area contributed by atoms with E-state index in [1.807, 2.05) is 0 Å². The molecule has 0 aliphatic carbocycles. The highest BCUT2D eigenvalue weighted by atomic mass is 16.5. The third-order valence-corrected chi connectivity index (χ3v) is 3.04. The highest BCUT2D eigenvalue weighted by Gasteiger charge is 2.27. The molecule has 2 rings (SSSR count). The molecule has 0 spiro atoms. The van der Waals surface area contributed by atoms with E-state index in [1.54, 1.807) is 0 Å². The molecule has 0 atom stereocenters. The van der Waals surface area contributed by atoms with E-state index in [9.17, 15) is 4.79 Å². The zero-order valence-corrected chi connectivity index (χ0v) is 9.25. The van der Waals surface area contributed by atoms with Crippen LogP contribution >= 0.6 is 0 Å². The Morgan fingerprint density at radius 1 is 1.47 bits per heavy atom. The minimum Gasteiger partial charge on any atom is -0.493 e. The average molecular weight is 204 g/mol. The van der Waals surface area contributed by atoms with Crippen LogP contribution in [0.5, 0.6) is 5.75 Å². The van der Waals surface area contributed by atoms with Crippen molar-refractivity contribution in [2.45, 2.75) is 32.1 Å². The van der Waals surface area contributed by atoms with Gasteiger partial charge in [0, 0.05) is 18.4 Å². The van der Waals surface area contributed by atoms with Gasteiger partial charge in [-0.05, 0) is 11.0 Å². The van der Waals surface area contributed by atoms with Crippen LogP contribution in [0.1, 0.15) is 31.4 Å². The van der Waals surface area contributed by atoms with Crippen molar-refractivity contribution >= 4 is 6.29 Å². The molecular weight excluding hydrogens is 188 g/mol. The molecule has 1 aliphatic rings. The number of ether oxygens (including phenoxy) is 1. The molecular formula is C13H16O2. The molecule has 0 N–H and O–H groups in total. The summed E-state index contributed by atoms with van der Waals surface area (Å²) in [5, 5.41) is 0. The Kier molecular flexibility index (Phi) is 2.51. The van der Waals surface area contributed by atoms with Crippen LogP contribution in [0.4, 0.5) is 0 Å². The van der Waals surface area contributed by atoms with Crippen LogP contribution in [-0.2, 0) is 16.6 Å². The monoisotopic (exact) mass is 204 g/mol. The number of hydrogen-bond acceptors (Lipinski definition) is 2. The number of benzene rings is 1. The third-order valence-electron chi connectivity index (χ3n) is 3.04. The van der Waals surface area contributed by atoms with Crippen molar-refractivity contribution in [2.75, 3.05) is 6.61 Å². The van der Waals surface area contributed by atoms with E-state index in [0.717, 1.165) is 30.6 Å². The molecule has 0 unspecified atom stereocenters. The Morgan fingerprint density at radius 3 is 3.00 bits per heavy atom. The summed E-state index contributed by atoms with van der Waals surface area (Å²) in [6.45, 7) is 4.93. The van der Waals surface area contributed by atoms with Crippen molar-refractivity contribution in [3.8, 4) is 5.75 Å². The molecule has 0 saturated carbocycles. The number of carbonyl (C=O) groups excluding carboxylic acids is 1. The largest absolute Gasteiger partial charge is 0.493 e. The molecule has 0 saturated heterocycles. The van der Waals surface area contributed by atoms with Gasteiger partial charge in [0.05, 0.1) is 6.61 Å². The highest BCUT2D eigenvalue weighted by Crippen LogP contribution is 2.38. The van der Waals surface area contributed by atoms with Gasteiger partial charge in [-0.1, -0.05) is 32.0 Å². The van der Waals surface area contributed by atoms with E-state index in [-0.39, 0.29) is 5.41 Å². The third kappa shape index (κ3) is 1.76. The number of fused-ring (bicyclic) bond motifs is 1.